The van der Waals surface area contributed by atoms with Crippen molar-refractivity contribution in [1.82, 2.24) is 9.88 Å². The molecule has 0 saturated heterocycles. The van der Waals surface area contributed by atoms with Crippen LogP contribution >= 0.6 is 11.3 Å². The van der Waals surface area contributed by atoms with Gasteiger partial charge in [0.25, 0.3) is 5.91 Å². The summed E-state index contributed by atoms with van der Waals surface area (Å²) >= 11 is 1.52. The van der Waals surface area contributed by atoms with Gasteiger partial charge in [0.2, 0.25) is 0 Å². The smallest absolute Gasteiger partial charge is 0.295 e. The number of hydrogen-bond acceptors (Lipinski definition) is 5. The minimum absolute atomic E-state index is 0.161. The molecule has 114 valence electrons. The molecule has 3 aromatic rings. The van der Waals surface area contributed by atoms with Crippen LogP contribution < -0.4 is 4.90 Å². The van der Waals surface area contributed by atoms with E-state index in [-0.39, 0.29) is 5.91 Å². The van der Waals surface area contributed by atoms with E-state index in [0.29, 0.717) is 17.4 Å². The molecule has 0 radical (unpaired) electrons. The molecule has 1 amide bonds. The lowest BCUT2D eigenvalue weighted by Crippen LogP contribution is -2.36. The maximum atomic E-state index is 12.7. The molecule has 0 atom stereocenters. The normalized spacial score (nSPS) is 11.2. The molecule has 0 aliphatic heterocycles. The van der Waals surface area contributed by atoms with Gasteiger partial charge in [0.1, 0.15) is 0 Å². The average Bonchev–Trinajstić information content (AvgIpc) is 3.16. The molecule has 0 aliphatic carbocycles. The van der Waals surface area contributed by atoms with Gasteiger partial charge >= 0.3 is 0 Å². The second-order valence-corrected chi connectivity index (χ2v) is 6.21. The van der Waals surface area contributed by atoms with Crippen LogP contribution in [-0.2, 0) is 0 Å². The number of benzene rings is 1. The van der Waals surface area contributed by atoms with Crippen molar-refractivity contribution in [1.29, 1.82) is 0 Å². The predicted molar refractivity (Wildman–Crippen MR) is 88.6 cm³/mol. The summed E-state index contributed by atoms with van der Waals surface area (Å²) in [5, 5.41) is 0.699. The van der Waals surface area contributed by atoms with E-state index in [1.807, 2.05) is 43.3 Å². The SMILES string of the molecule is CN(C)CCN(C(=O)c1ccco1)c1nc2ccccc2s1. The van der Waals surface area contributed by atoms with E-state index in [9.17, 15) is 4.79 Å². The van der Waals surface area contributed by atoms with E-state index in [1.165, 1.54) is 17.6 Å². The van der Waals surface area contributed by atoms with E-state index in [0.717, 1.165) is 16.8 Å². The molecule has 0 fully saturated rings. The van der Waals surface area contributed by atoms with Crippen LogP contribution in [0.4, 0.5) is 5.13 Å². The Morgan fingerprint density at radius 3 is 2.68 bits per heavy atom. The summed E-state index contributed by atoms with van der Waals surface area (Å²) in [5.41, 5.74) is 0.907. The van der Waals surface area contributed by atoms with Gasteiger partial charge in [-0.15, -0.1) is 0 Å². The molecule has 6 heteroatoms. The molecule has 0 unspecified atom stereocenters. The Hall–Kier alpha value is -2.18. The van der Waals surface area contributed by atoms with E-state index in [2.05, 4.69) is 4.98 Å². The number of anilines is 1. The average molecular weight is 315 g/mol. The van der Waals surface area contributed by atoms with Crippen molar-refractivity contribution in [2.24, 2.45) is 0 Å². The van der Waals surface area contributed by atoms with Crippen LogP contribution in [0.2, 0.25) is 0 Å². The summed E-state index contributed by atoms with van der Waals surface area (Å²) in [7, 11) is 3.96. The molecule has 1 aromatic carbocycles. The van der Waals surface area contributed by atoms with Crippen LogP contribution in [-0.4, -0.2) is 43.0 Å². The van der Waals surface area contributed by atoms with Gasteiger partial charge in [-0.05, 0) is 38.4 Å². The Morgan fingerprint density at radius 1 is 1.18 bits per heavy atom. The Bertz CT molecular complexity index is 732. The van der Waals surface area contributed by atoms with Crippen molar-refractivity contribution in [3.05, 3.63) is 48.4 Å². The first-order chi connectivity index (χ1) is 10.6. The third-order valence-corrected chi connectivity index (χ3v) is 4.32. The van der Waals surface area contributed by atoms with Crippen LogP contribution in [0.15, 0.2) is 47.1 Å². The van der Waals surface area contributed by atoms with Crippen LogP contribution in [0, 0.1) is 0 Å². The fraction of sp³-hybridized carbons (Fsp3) is 0.250. The Kier molecular flexibility index (Phi) is 4.22. The summed E-state index contributed by atoms with van der Waals surface area (Å²) in [6.45, 7) is 1.31. The molecule has 3 rings (SSSR count). The number of furan rings is 1. The monoisotopic (exact) mass is 315 g/mol. The number of hydrogen-bond donors (Lipinski definition) is 0. The molecule has 0 aliphatic rings. The second-order valence-electron chi connectivity index (χ2n) is 5.20. The molecular formula is C16H17N3O2S. The van der Waals surface area contributed by atoms with Gasteiger partial charge in [-0.2, -0.15) is 0 Å². The fourth-order valence-electron chi connectivity index (χ4n) is 2.09. The van der Waals surface area contributed by atoms with E-state index >= 15 is 0 Å². The first-order valence-corrected chi connectivity index (χ1v) is 7.82. The summed E-state index contributed by atoms with van der Waals surface area (Å²) in [4.78, 5) is 21.0. The van der Waals surface area contributed by atoms with Gasteiger partial charge in [0, 0.05) is 13.1 Å². The minimum Gasteiger partial charge on any atom is -0.459 e. The first-order valence-electron chi connectivity index (χ1n) is 7.01. The Balaban J connectivity index is 1.95. The van der Waals surface area contributed by atoms with Gasteiger partial charge in [0.15, 0.2) is 10.9 Å². The molecule has 0 bridgehead atoms. The third kappa shape index (κ3) is 3.03. The zero-order valence-corrected chi connectivity index (χ0v) is 13.3. The molecule has 0 spiro atoms. The van der Waals surface area contributed by atoms with Crippen LogP contribution in [0.25, 0.3) is 10.2 Å². The number of likely N-dealkylation sites (N-methyl/N-ethyl adjacent to an activating group) is 1. The summed E-state index contributed by atoms with van der Waals surface area (Å²) in [6, 6.07) is 11.3. The largest absolute Gasteiger partial charge is 0.459 e. The maximum Gasteiger partial charge on any atom is 0.295 e. The van der Waals surface area contributed by atoms with E-state index < -0.39 is 0 Å². The van der Waals surface area contributed by atoms with Crippen LogP contribution in [0.5, 0.6) is 0 Å². The number of para-hydroxylation sites is 1. The number of carbonyl (C=O) groups is 1. The minimum atomic E-state index is -0.161. The second kappa shape index (κ2) is 6.29. The maximum absolute atomic E-state index is 12.7. The van der Waals surface area contributed by atoms with Gasteiger partial charge in [-0.1, -0.05) is 23.5 Å². The zero-order chi connectivity index (χ0) is 15.5. The number of amides is 1. The number of nitrogens with zero attached hydrogens (tertiary/aromatic N) is 3. The summed E-state index contributed by atoms with van der Waals surface area (Å²) in [5.74, 6) is 0.170. The van der Waals surface area contributed by atoms with Gasteiger partial charge in [-0.3, -0.25) is 9.69 Å². The Labute approximate surface area is 132 Å². The molecule has 0 N–H and O–H groups in total. The number of aromatic nitrogens is 1. The number of thiazole rings is 1. The van der Waals surface area contributed by atoms with Crippen molar-refractivity contribution in [2.75, 3.05) is 32.1 Å². The van der Waals surface area contributed by atoms with Gasteiger partial charge in [0.05, 0.1) is 16.5 Å². The molecule has 0 saturated carbocycles. The topological polar surface area (TPSA) is 49.6 Å². The molecule has 2 aromatic heterocycles. The van der Waals surface area contributed by atoms with Gasteiger partial charge < -0.3 is 9.32 Å². The number of fused-ring (bicyclic) bond motifs is 1. The molecule has 5 nitrogen and oxygen atoms in total. The third-order valence-electron chi connectivity index (χ3n) is 3.26. The number of carbonyl (C=O) groups excluding carboxylic acids is 1. The van der Waals surface area contributed by atoms with E-state index in [1.54, 1.807) is 17.0 Å². The highest BCUT2D eigenvalue weighted by atomic mass is 32.1. The zero-order valence-electron chi connectivity index (χ0n) is 12.5. The standard InChI is InChI=1S/C16H17N3O2S/c1-18(2)9-10-19(15(20)13-7-5-11-21-13)16-17-12-6-3-4-8-14(12)22-16/h3-8,11H,9-10H2,1-2H3. The van der Waals surface area contributed by atoms with Crippen molar-refractivity contribution in [2.45, 2.75) is 0 Å². The van der Waals surface area contributed by atoms with Crippen molar-refractivity contribution >= 4 is 32.6 Å². The summed E-state index contributed by atoms with van der Waals surface area (Å²) in [6.07, 6.45) is 1.51. The lowest BCUT2D eigenvalue weighted by atomic mass is 10.3. The highest BCUT2D eigenvalue weighted by Gasteiger charge is 2.23. The van der Waals surface area contributed by atoms with E-state index in [4.69, 9.17) is 4.42 Å². The van der Waals surface area contributed by atoms with Gasteiger partial charge in [-0.25, -0.2) is 4.98 Å². The number of rotatable bonds is 5. The van der Waals surface area contributed by atoms with Crippen molar-refractivity contribution in [3.63, 3.8) is 0 Å². The highest BCUT2D eigenvalue weighted by Crippen LogP contribution is 2.29. The molecule has 22 heavy (non-hydrogen) atoms. The van der Waals surface area contributed by atoms with Crippen molar-refractivity contribution in [3.8, 4) is 0 Å². The quantitative estimate of drug-likeness (QED) is 0.726. The van der Waals surface area contributed by atoms with Crippen LogP contribution in [0.1, 0.15) is 10.6 Å². The lowest BCUT2D eigenvalue weighted by molar-refractivity contribution is 0.0958. The Morgan fingerprint density at radius 2 is 2.00 bits per heavy atom. The van der Waals surface area contributed by atoms with Crippen LogP contribution in [0.3, 0.4) is 0 Å². The summed E-state index contributed by atoms with van der Waals surface area (Å²) < 4.78 is 6.32. The lowest BCUT2D eigenvalue weighted by Gasteiger charge is -2.20. The fourth-order valence-corrected chi connectivity index (χ4v) is 3.08. The molecular weight excluding hydrogens is 298 g/mol. The first kappa shape index (κ1) is 14.7. The highest BCUT2D eigenvalue weighted by molar-refractivity contribution is 7.22. The van der Waals surface area contributed by atoms with Crippen molar-refractivity contribution < 1.29 is 9.21 Å². The predicted octanol–water partition coefficient (Wildman–Crippen LogP) is 3.10. The molecule has 2 heterocycles.